The van der Waals surface area contributed by atoms with Gasteiger partial charge in [0.15, 0.2) is 0 Å². The van der Waals surface area contributed by atoms with Gasteiger partial charge in [-0.05, 0) is 49.3 Å². The lowest BCUT2D eigenvalue weighted by Gasteiger charge is -2.34. The number of nitrogens with zero attached hydrogens (tertiary/aromatic N) is 2. The molecule has 0 atom stereocenters. The number of benzene rings is 1. The van der Waals surface area contributed by atoms with Crippen LogP contribution in [-0.2, 0) is 0 Å². The maximum Gasteiger partial charge on any atom is 0.319 e. The highest BCUT2D eigenvalue weighted by molar-refractivity contribution is 5.74. The second-order valence-electron chi connectivity index (χ2n) is 6.01. The Bertz CT molecular complexity index is 472. The van der Waals surface area contributed by atoms with Crippen LogP contribution in [-0.4, -0.2) is 49.1 Å². The van der Waals surface area contributed by atoms with Crippen LogP contribution in [0.2, 0.25) is 0 Å². The van der Waals surface area contributed by atoms with Crippen LogP contribution in [0.25, 0.3) is 0 Å². The minimum Gasteiger partial charge on any atom is -0.497 e. The van der Waals surface area contributed by atoms with E-state index in [0.717, 1.165) is 57.6 Å². The van der Waals surface area contributed by atoms with Crippen LogP contribution in [0.3, 0.4) is 0 Å². The van der Waals surface area contributed by atoms with Gasteiger partial charge in [0.2, 0.25) is 0 Å². The summed E-state index contributed by atoms with van der Waals surface area (Å²) in [6.45, 7) is 3.65. The Morgan fingerprint density at radius 1 is 1.00 bits per heavy atom. The molecule has 3 rings (SSSR count). The van der Waals surface area contributed by atoms with Gasteiger partial charge in [0.1, 0.15) is 5.75 Å². The van der Waals surface area contributed by atoms with E-state index in [1.807, 2.05) is 21.9 Å². The van der Waals surface area contributed by atoms with E-state index in [1.54, 1.807) is 7.11 Å². The lowest BCUT2D eigenvalue weighted by molar-refractivity contribution is 0.148. The third-order valence-electron chi connectivity index (χ3n) is 4.73. The molecule has 2 aliphatic rings. The predicted molar refractivity (Wildman–Crippen MR) is 82.7 cm³/mol. The molecule has 0 N–H and O–H groups in total. The van der Waals surface area contributed by atoms with Gasteiger partial charge in [-0.2, -0.15) is 0 Å². The smallest absolute Gasteiger partial charge is 0.319 e. The first kappa shape index (κ1) is 14.2. The number of amides is 2. The number of hydrogen-bond donors (Lipinski definition) is 0. The molecule has 0 radical (unpaired) electrons. The number of rotatable bonds is 2. The van der Waals surface area contributed by atoms with Crippen molar-refractivity contribution in [2.45, 2.75) is 31.6 Å². The van der Waals surface area contributed by atoms with E-state index in [0.29, 0.717) is 5.92 Å². The lowest BCUT2D eigenvalue weighted by atomic mass is 9.89. The Morgan fingerprint density at radius 2 is 1.57 bits per heavy atom. The predicted octanol–water partition coefficient (Wildman–Crippen LogP) is 3.09. The van der Waals surface area contributed by atoms with Gasteiger partial charge in [0.25, 0.3) is 0 Å². The summed E-state index contributed by atoms with van der Waals surface area (Å²) < 4.78 is 5.20. The monoisotopic (exact) mass is 288 g/mol. The van der Waals surface area contributed by atoms with Crippen molar-refractivity contribution in [3.8, 4) is 5.75 Å². The number of carbonyl (C=O) groups excluding carboxylic acids is 1. The molecule has 2 heterocycles. The Hall–Kier alpha value is -1.71. The molecule has 0 aliphatic carbocycles. The van der Waals surface area contributed by atoms with E-state index in [9.17, 15) is 4.79 Å². The molecule has 4 nitrogen and oxygen atoms in total. The van der Waals surface area contributed by atoms with Crippen LogP contribution in [0.5, 0.6) is 5.75 Å². The highest BCUT2D eigenvalue weighted by Gasteiger charge is 2.28. The van der Waals surface area contributed by atoms with E-state index in [1.165, 1.54) is 5.56 Å². The summed E-state index contributed by atoms with van der Waals surface area (Å²) in [6, 6.07) is 8.61. The maximum atomic E-state index is 12.4. The fourth-order valence-corrected chi connectivity index (χ4v) is 3.39. The molecular weight excluding hydrogens is 264 g/mol. The van der Waals surface area contributed by atoms with Crippen molar-refractivity contribution in [3.63, 3.8) is 0 Å². The number of piperidine rings is 1. The van der Waals surface area contributed by atoms with Gasteiger partial charge in [0.05, 0.1) is 7.11 Å². The molecule has 1 aromatic rings. The van der Waals surface area contributed by atoms with Crippen molar-refractivity contribution in [2.24, 2.45) is 0 Å². The van der Waals surface area contributed by atoms with Crippen molar-refractivity contribution in [3.05, 3.63) is 29.8 Å². The zero-order valence-corrected chi connectivity index (χ0v) is 12.8. The molecule has 114 valence electrons. The molecule has 0 unspecified atom stereocenters. The first-order valence-corrected chi connectivity index (χ1v) is 7.96. The Kier molecular flexibility index (Phi) is 4.32. The standard InChI is InChI=1S/C17H24N2O2/c1-21-16-6-4-14(5-7-16)15-8-12-19(13-9-15)17(20)18-10-2-3-11-18/h4-7,15H,2-3,8-13H2,1H3. The minimum absolute atomic E-state index is 0.251. The van der Waals surface area contributed by atoms with Crippen molar-refractivity contribution in [1.29, 1.82) is 0 Å². The van der Waals surface area contributed by atoms with E-state index < -0.39 is 0 Å². The fourth-order valence-electron chi connectivity index (χ4n) is 3.39. The molecule has 21 heavy (non-hydrogen) atoms. The average molecular weight is 288 g/mol. The topological polar surface area (TPSA) is 32.8 Å². The SMILES string of the molecule is COc1ccc(C2CCN(C(=O)N3CCCC3)CC2)cc1. The molecule has 0 saturated carbocycles. The molecule has 0 aromatic heterocycles. The van der Waals surface area contributed by atoms with Gasteiger partial charge >= 0.3 is 6.03 Å². The third kappa shape index (κ3) is 3.14. The van der Waals surface area contributed by atoms with Crippen molar-refractivity contribution in [1.82, 2.24) is 9.80 Å². The van der Waals surface area contributed by atoms with E-state index >= 15 is 0 Å². The number of ether oxygens (including phenoxy) is 1. The van der Waals surface area contributed by atoms with Gasteiger partial charge in [-0.15, -0.1) is 0 Å². The number of likely N-dealkylation sites (tertiary alicyclic amines) is 2. The van der Waals surface area contributed by atoms with Crippen molar-refractivity contribution >= 4 is 6.03 Å². The number of urea groups is 1. The first-order valence-electron chi connectivity index (χ1n) is 7.96. The summed E-state index contributed by atoms with van der Waals surface area (Å²) in [6.07, 6.45) is 4.44. The van der Waals surface area contributed by atoms with Gasteiger partial charge in [-0.3, -0.25) is 0 Å². The largest absolute Gasteiger partial charge is 0.497 e. The average Bonchev–Trinajstić information content (AvgIpc) is 3.09. The second kappa shape index (κ2) is 6.37. The zero-order chi connectivity index (χ0) is 14.7. The van der Waals surface area contributed by atoms with Crippen molar-refractivity contribution in [2.75, 3.05) is 33.3 Å². The fraction of sp³-hybridized carbons (Fsp3) is 0.588. The summed E-state index contributed by atoms with van der Waals surface area (Å²) in [5.74, 6) is 1.47. The van der Waals surface area contributed by atoms with Crippen LogP contribution in [0.4, 0.5) is 4.79 Å². The Balaban J connectivity index is 1.55. The summed E-state index contributed by atoms with van der Waals surface area (Å²) in [7, 11) is 1.69. The van der Waals surface area contributed by atoms with Gasteiger partial charge < -0.3 is 14.5 Å². The van der Waals surface area contributed by atoms with Crippen molar-refractivity contribution < 1.29 is 9.53 Å². The molecule has 0 bridgehead atoms. The quantitative estimate of drug-likeness (QED) is 0.838. The van der Waals surface area contributed by atoms with E-state index in [-0.39, 0.29) is 6.03 Å². The number of hydrogen-bond acceptors (Lipinski definition) is 2. The summed E-state index contributed by atoms with van der Waals surface area (Å²) in [5.41, 5.74) is 1.36. The summed E-state index contributed by atoms with van der Waals surface area (Å²) >= 11 is 0. The highest BCUT2D eigenvalue weighted by Crippen LogP contribution is 2.29. The molecule has 2 fully saturated rings. The second-order valence-corrected chi connectivity index (χ2v) is 6.01. The molecule has 4 heteroatoms. The zero-order valence-electron chi connectivity index (χ0n) is 12.8. The molecule has 1 aromatic carbocycles. The van der Waals surface area contributed by atoms with Gasteiger partial charge in [0, 0.05) is 26.2 Å². The summed E-state index contributed by atoms with van der Waals surface area (Å²) in [4.78, 5) is 16.4. The third-order valence-corrected chi connectivity index (χ3v) is 4.73. The number of methoxy groups -OCH3 is 1. The summed E-state index contributed by atoms with van der Waals surface area (Å²) in [5, 5.41) is 0. The maximum absolute atomic E-state index is 12.4. The van der Waals surface area contributed by atoms with Crippen LogP contribution < -0.4 is 4.74 Å². The number of carbonyl (C=O) groups is 1. The van der Waals surface area contributed by atoms with Crippen LogP contribution in [0.15, 0.2) is 24.3 Å². The van der Waals surface area contributed by atoms with Gasteiger partial charge in [-0.1, -0.05) is 12.1 Å². The van der Waals surface area contributed by atoms with E-state index in [4.69, 9.17) is 4.74 Å². The molecule has 2 saturated heterocycles. The Morgan fingerprint density at radius 3 is 2.14 bits per heavy atom. The molecular formula is C17H24N2O2. The van der Waals surface area contributed by atoms with Gasteiger partial charge in [-0.25, -0.2) is 4.79 Å². The molecule has 2 amide bonds. The van der Waals surface area contributed by atoms with E-state index in [2.05, 4.69) is 12.1 Å². The highest BCUT2D eigenvalue weighted by atomic mass is 16.5. The Labute approximate surface area is 126 Å². The lowest BCUT2D eigenvalue weighted by Crippen LogP contribution is -2.45. The van der Waals surface area contributed by atoms with Crippen LogP contribution in [0, 0.1) is 0 Å². The van der Waals surface area contributed by atoms with Crippen LogP contribution >= 0.6 is 0 Å². The molecule has 0 spiro atoms. The van der Waals surface area contributed by atoms with Crippen LogP contribution in [0.1, 0.15) is 37.2 Å². The minimum atomic E-state index is 0.251. The molecule has 2 aliphatic heterocycles. The normalized spacial score (nSPS) is 19.9. The first-order chi connectivity index (χ1) is 10.3.